The van der Waals surface area contributed by atoms with Crippen LogP contribution in [-0.2, 0) is 14.3 Å². The van der Waals surface area contributed by atoms with Gasteiger partial charge in [-0.05, 0) is 30.7 Å². The predicted octanol–water partition coefficient (Wildman–Crippen LogP) is 3.10. The molecule has 0 aromatic heterocycles. The Morgan fingerprint density at radius 1 is 1.11 bits per heavy atom. The molecule has 0 aliphatic rings. The van der Waals surface area contributed by atoms with Crippen LogP contribution in [0.3, 0.4) is 0 Å². The number of carbonyl (C=O) groups excluding carboxylic acids is 2. The van der Waals surface area contributed by atoms with Crippen molar-refractivity contribution in [2.75, 3.05) is 26.1 Å². The summed E-state index contributed by atoms with van der Waals surface area (Å²) in [5.41, 5.74) is 1.95. The molecular formula is C21H20N2O5. The number of esters is 1. The van der Waals surface area contributed by atoms with Crippen LogP contribution in [0.25, 0.3) is 6.08 Å². The lowest BCUT2D eigenvalue weighted by Gasteiger charge is -2.11. The molecule has 2 aromatic carbocycles. The first kappa shape index (κ1) is 20.5. The number of amides is 1. The number of anilines is 1. The topological polar surface area (TPSA) is 97.6 Å². The number of nitrogens with one attached hydrogen (secondary N) is 1. The summed E-state index contributed by atoms with van der Waals surface area (Å²) in [5, 5.41) is 11.8. The van der Waals surface area contributed by atoms with Crippen LogP contribution in [0.5, 0.6) is 11.5 Å². The van der Waals surface area contributed by atoms with Gasteiger partial charge in [0.05, 0.1) is 19.9 Å². The normalized spacial score (nSPS) is 10.6. The highest BCUT2D eigenvalue weighted by Crippen LogP contribution is 2.28. The number of ether oxygens (including phenoxy) is 3. The zero-order chi connectivity index (χ0) is 20.5. The average Bonchev–Trinajstić information content (AvgIpc) is 2.71. The first-order chi connectivity index (χ1) is 13.5. The van der Waals surface area contributed by atoms with Gasteiger partial charge >= 0.3 is 5.97 Å². The molecule has 0 aliphatic carbocycles. The second-order valence-electron chi connectivity index (χ2n) is 5.77. The molecule has 0 radical (unpaired) electrons. The third-order valence-corrected chi connectivity index (χ3v) is 3.75. The third kappa shape index (κ3) is 5.61. The fourth-order valence-corrected chi connectivity index (χ4v) is 2.26. The first-order valence-electron chi connectivity index (χ1n) is 8.34. The second kappa shape index (κ2) is 9.78. The summed E-state index contributed by atoms with van der Waals surface area (Å²) < 4.78 is 15.2. The summed E-state index contributed by atoms with van der Waals surface area (Å²) in [6.07, 6.45) is 1.41. The minimum absolute atomic E-state index is 0.196. The van der Waals surface area contributed by atoms with Crippen molar-refractivity contribution in [3.8, 4) is 17.6 Å². The van der Waals surface area contributed by atoms with Crippen molar-refractivity contribution in [1.29, 1.82) is 5.26 Å². The molecular weight excluding hydrogens is 360 g/mol. The number of benzene rings is 2. The Balaban J connectivity index is 1.98. The lowest BCUT2D eigenvalue weighted by molar-refractivity contribution is -0.142. The van der Waals surface area contributed by atoms with E-state index >= 15 is 0 Å². The maximum atomic E-state index is 12.1. The van der Waals surface area contributed by atoms with E-state index in [1.807, 2.05) is 19.1 Å². The lowest BCUT2D eigenvalue weighted by atomic mass is 10.1. The van der Waals surface area contributed by atoms with Gasteiger partial charge in [-0.25, -0.2) is 4.79 Å². The highest BCUT2D eigenvalue weighted by atomic mass is 16.5. The molecule has 0 heterocycles. The Bertz CT molecular complexity index is 927. The van der Waals surface area contributed by atoms with Crippen molar-refractivity contribution in [3.63, 3.8) is 0 Å². The van der Waals surface area contributed by atoms with E-state index in [0.717, 1.165) is 5.56 Å². The van der Waals surface area contributed by atoms with Crippen LogP contribution in [0.15, 0.2) is 48.0 Å². The van der Waals surface area contributed by atoms with E-state index in [9.17, 15) is 14.9 Å². The monoisotopic (exact) mass is 380 g/mol. The Labute approximate surface area is 163 Å². The Kier molecular flexibility index (Phi) is 7.17. The molecule has 144 valence electrons. The minimum Gasteiger partial charge on any atom is -0.497 e. The van der Waals surface area contributed by atoms with Crippen LogP contribution in [0.2, 0.25) is 0 Å². The average molecular weight is 380 g/mol. The maximum Gasteiger partial charge on any atom is 0.349 e. The Morgan fingerprint density at radius 2 is 1.82 bits per heavy atom. The number of nitriles is 1. The fourth-order valence-electron chi connectivity index (χ4n) is 2.26. The lowest BCUT2D eigenvalue weighted by Crippen LogP contribution is -2.21. The van der Waals surface area contributed by atoms with Crippen molar-refractivity contribution < 1.29 is 23.8 Å². The van der Waals surface area contributed by atoms with Gasteiger partial charge in [-0.2, -0.15) is 5.26 Å². The van der Waals surface area contributed by atoms with Gasteiger partial charge in [0, 0.05) is 6.07 Å². The molecule has 2 aromatic rings. The summed E-state index contributed by atoms with van der Waals surface area (Å²) in [6, 6.07) is 13.9. The van der Waals surface area contributed by atoms with Crippen molar-refractivity contribution in [1.82, 2.24) is 0 Å². The van der Waals surface area contributed by atoms with E-state index in [0.29, 0.717) is 22.7 Å². The standard InChI is InChI=1S/C21H20N2O5/c1-14-4-6-15(7-5-14)10-16(12-22)21(25)28-13-20(24)23-18-9-8-17(26-2)11-19(18)27-3/h4-11H,13H2,1-3H3,(H,23,24)/b16-10+. The predicted molar refractivity (Wildman–Crippen MR) is 104 cm³/mol. The third-order valence-electron chi connectivity index (χ3n) is 3.75. The van der Waals surface area contributed by atoms with Crippen LogP contribution in [0.1, 0.15) is 11.1 Å². The highest BCUT2D eigenvalue weighted by molar-refractivity contribution is 6.00. The maximum absolute atomic E-state index is 12.1. The summed E-state index contributed by atoms with van der Waals surface area (Å²) in [4.78, 5) is 24.1. The summed E-state index contributed by atoms with van der Waals surface area (Å²) in [5.74, 6) is -0.471. The van der Waals surface area contributed by atoms with Crippen molar-refractivity contribution >= 4 is 23.6 Å². The zero-order valence-electron chi connectivity index (χ0n) is 15.8. The van der Waals surface area contributed by atoms with Crippen molar-refractivity contribution in [3.05, 3.63) is 59.2 Å². The van der Waals surface area contributed by atoms with Crippen LogP contribution in [-0.4, -0.2) is 32.7 Å². The van der Waals surface area contributed by atoms with E-state index in [1.165, 1.54) is 20.3 Å². The number of carbonyl (C=O) groups is 2. The van der Waals surface area contributed by atoms with Gasteiger partial charge in [0.1, 0.15) is 23.1 Å². The molecule has 0 bridgehead atoms. The molecule has 0 atom stereocenters. The second-order valence-corrected chi connectivity index (χ2v) is 5.77. The molecule has 0 spiro atoms. The molecule has 7 nitrogen and oxygen atoms in total. The van der Waals surface area contributed by atoms with Crippen LogP contribution in [0, 0.1) is 18.3 Å². The van der Waals surface area contributed by atoms with Gasteiger partial charge in [-0.3, -0.25) is 4.79 Å². The number of aryl methyl sites for hydroxylation is 1. The van der Waals surface area contributed by atoms with Gasteiger partial charge in [-0.1, -0.05) is 29.8 Å². The van der Waals surface area contributed by atoms with E-state index < -0.39 is 18.5 Å². The Morgan fingerprint density at radius 3 is 2.43 bits per heavy atom. The quantitative estimate of drug-likeness (QED) is 0.450. The van der Waals surface area contributed by atoms with Gasteiger partial charge in [-0.15, -0.1) is 0 Å². The van der Waals surface area contributed by atoms with Gasteiger partial charge in [0.2, 0.25) is 0 Å². The smallest absolute Gasteiger partial charge is 0.349 e. The van der Waals surface area contributed by atoms with Gasteiger partial charge in [0.15, 0.2) is 6.61 Å². The molecule has 28 heavy (non-hydrogen) atoms. The molecule has 0 unspecified atom stereocenters. The summed E-state index contributed by atoms with van der Waals surface area (Å²) in [7, 11) is 2.98. The molecule has 0 aliphatic heterocycles. The SMILES string of the molecule is COc1ccc(NC(=O)COC(=O)/C(C#N)=C/c2ccc(C)cc2)c(OC)c1. The number of hydrogen-bond acceptors (Lipinski definition) is 6. The first-order valence-corrected chi connectivity index (χ1v) is 8.34. The van der Waals surface area contributed by atoms with E-state index in [-0.39, 0.29) is 5.57 Å². The fraction of sp³-hybridized carbons (Fsp3) is 0.190. The van der Waals surface area contributed by atoms with Gasteiger partial charge < -0.3 is 19.5 Å². The number of methoxy groups -OCH3 is 2. The molecule has 1 amide bonds. The van der Waals surface area contributed by atoms with Crippen LogP contribution < -0.4 is 14.8 Å². The molecule has 1 N–H and O–H groups in total. The van der Waals surface area contributed by atoms with E-state index in [2.05, 4.69) is 5.32 Å². The number of nitrogens with zero attached hydrogens (tertiary/aromatic N) is 1. The van der Waals surface area contributed by atoms with Crippen LogP contribution in [0.4, 0.5) is 5.69 Å². The number of hydrogen-bond donors (Lipinski definition) is 1. The van der Waals surface area contributed by atoms with Crippen molar-refractivity contribution in [2.24, 2.45) is 0 Å². The van der Waals surface area contributed by atoms with Crippen molar-refractivity contribution in [2.45, 2.75) is 6.92 Å². The Hall–Kier alpha value is -3.79. The summed E-state index contributed by atoms with van der Waals surface area (Å²) >= 11 is 0. The van der Waals surface area contributed by atoms with E-state index in [4.69, 9.17) is 14.2 Å². The molecule has 2 rings (SSSR count). The molecule has 0 saturated carbocycles. The summed E-state index contributed by atoms with van der Waals surface area (Å²) in [6.45, 7) is 1.39. The number of rotatable bonds is 7. The molecule has 7 heteroatoms. The zero-order valence-corrected chi connectivity index (χ0v) is 15.8. The highest BCUT2D eigenvalue weighted by Gasteiger charge is 2.15. The van der Waals surface area contributed by atoms with Crippen LogP contribution >= 0.6 is 0 Å². The molecule has 0 fully saturated rings. The van der Waals surface area contributed by atoms with E-state index in [1.54, 1.807) is 36.4 Å². The largest absolute Gasteiger partial charge is 0.497 e. The molecule has 0 saturated heterocycles. The van der Waals surface area contributed by atoms with Gasteiger partial charge in [0.25, 0.3) is 5.91 Å². The minimum atomic E-state index is -0.875.